The van der Waals surface area contributed by atoms with Crippen molar-refractivity contribution in [1.82, 2.24) is 5.32 Å². The van der Waals surface area contributed by atoms with Gasteiger partial charge in [-0.2, -0.15) is 0 Å². The highest BCUT2D eigenvalue weighted by molar-refractivity contribution is 7.07. The van der Waals surface area contributed by atoms with Gasteiger partial charge in [-0.1, -0.05) is 0 Å². The molecule has 0 aromatic carbocycles. The van der Waals surface area contributed by atoms with Crippen molar-refractivity contribution in [3.8, 4) is 0 Å². The van der Waals surface area contributed by atoms with Gasteiger partial charge in [-0.05, 0) is 17.0 Å². The molecule has 1 saturated heterocycles. The van der Waals surface area contributed by atoms with Gasteiger partial charge in [-0.25, -0.2) is 0 Å². The minimum atomic E-state index is 0.370. The highest BCUT2D eigenvalue weighted by atomic mass is 32.1. The van der Waals surface area contributed by atoms with Crippen molar-refractivity contribution < 1.29 is 4.74 Å². The topological polar surface area (TPSA) is 21.3 Å². The van der Waals surface area contributed by atoms with Gasteiger partial charge in [-0.3, -0.25) is 0 Å². The second kappa shape index (κ2) is 3.34. The molecule has 2 heterocycles. The third-order valence-corrected chi connectivity index (χ3v) is 2.42. The molecule has 1 aliphatic heterocycles. The summed E-state index contributed by atoms with van der Waals surface area (Å²) in [6, 6.07) is 2.46. The molecule has 1 unspecified atom stereocenters. The zero-order valence-electron chi connectivity index (χ0n) is 6.17. The summed E-state index contributed by atoms with van der Waals surface area (Å²) in [6.45, 7) is 2.57. The quantitative estimate of drug-likeness (QED) is 0.680. The van der Waals surface area contributed by atoms with Crippen molar-refractivity contribution in [2.24, 2.45) is 0 Å². The van der Waals surface area contributed by atoms with E-state index in [9.17, 15) is 0 Å². The van der Waals surface area contributed by atoms with E-state index >= 15 is 0 Å². The largest absolute Gasteiger partial charge is 0.378 e. The Morgan fingerprint density at radius 1 is 1.73 bits per heavy atom. The second-order valence-corrected chi connectivity index (χ2v) is 3.27. The van der Waals surface area contributed by atoms with Gasteiger partial charge in [0.1, 0.15) is 0 Å². The van der Waals surface area contributed by atoms with Gasteiger partial charge in [0.15, 0.2) is 0 Å². The molecule has 3 heteroatoms. The van der Waals surface area contributed by atoms with Crippen molar-refractivity contribution in [2.45, 2.75) is 6.04 Å². The van der Waals surface area contributed by atoms with Gasteiger partial charge in [-0.15, -0.1) is 11.3 Å². The molecular formula is C8H10NOS. The van der Waals surface area contributed by atoms with Crippen molar-refractivity contribution >= 4 is 11.3 Å². The Labute approximate surface area is 70.2 Å². The first-order chi connectivity index (χ1) is 5.47. The maximum Gasteiger partial charge on any atom is 0.0662 e. The van der Waals surface area contributed by atoms with Crippen LogP contribution in [0.15, 0.2) is 11.4 Å². The molecule has 11 heavy (non-hydrogen) atoms. The van der Waals surface area contributed by atoms with Crippen LogP contribution in [0.3, 0.4) is 0 Å². The first-order valence-corrected chi connectivity index (χ1v) is 4.61. The summed E-state index contributed by atoms with van der Waals surface area (Å²) in [5.41, 5.74) is 1.23. The van der Waals surface area contributed by atoms with E-state index in [0.717, 1.165) is 19.8 Å². The van der Waals surface area contributed by atoms with Crippen LogP contribution in [0.5, 0.6) is 0 Å². The highest BCUT2D eigenvalue weighted by Crippen LogP contribution is 2.17. The molecule has 1 aromatic heterocycles. The van der Waals surface area contributed by atoms with E-state index in [0.29, 0.717) is 6.04 Å². The van der Waals surface area contributed by atoms with Crippen LogP contribution in [0.4, 0.5) is 0 Å². The van der Waals surface area contributed by atoms with Crippen LogP contribution >= 0.6 is 11.3 Å². The molecular weight excluding hydrogens is 158 g/mol. The predicted octanol–water partition coefficient (Wildman–Crippen LogP) is 1.21. The number of hydrogen-bond donors (Lipinski definition) is 1. The van der Waals surface area contributed by atoms with E-state index in [1.54, 1.807) is 11.3 Å². The van der Waals surface area contributed by atoms with Gasteiger partial charge in [0.05, 0.1) is 19.3 Å². The van der Waals surface area contributed by atoms with Gasteiger partial charge < -0.3 is 10.1 Å². The normalized spacial score (nSPS) is 25.3. The number of hydrogen-bond acceptors (Lipinski definition) is 3. The fraction of sp³-hybridized carbons (Fsp3) is 0.500. The Hall–Kier alpha value is -0.380. The standard InChI is InChI=1S/C8H10NOS/c1-4-11-6-7(1)8-5-10-3-2-9-8/h1,4,8-9H,2-3,5H2. The average Bonchev–Trinajstić information content (AvgIpc) is 2.58. The van der Waals surface area contributed by atoms with Gasteiger partial charge >= 0.3 is 0 Å². The van der Waals surface area contributed by atoms with E-state index in [1.807, 2.05) is 5.38 Å². The lowest BCUT2D eigenvalue weighted by molar-refractivity contribution is 0.0769. The first-order valence-electron chi connectivity index (χ1n) is 3.73. The number of morpholine rings is 1. The molecule has 0 saturated carbocycles. The van der Waals surface area contributed by atoms with Gasteiger partial charge in [0, 0.05) is 11.9 Å². The average molecular weight is 168 g/mol. The van der Waals surface area contributed by atoms with E-state index in [2.05, 4.69) is 16.8 Å². The highest BCUT2D eigenvalue weighted by Gasteiger charge is 2.14. The molecule has 0 aliphatic carbocycles. The summed E-state index contributed by atoms with van der Waals surface area (Å²) < 4.78 is 5.33. The Morgan fingerprint density at radius 2 is 2.73 bits per heavy atom. The van der Waals surface area contributed by atoms with E-state index in [-0.39, 0.29) is 0 Å². The number of nitrogens with one attached hydrogen (secondary N) is 1. The molecule has 1 N–H and O–H groups in total. The Bertz CT molecular complexity index is 204. The summed E-state index contributed by atoms with van der Waals surface area (Å²) in [4.78, 5) is 0. The van der Waals surface area contributed by atoms with Crippen LogP contribution in [0, 0.1) is 5.38 Å². The minimum Gasteiger partial charge on any atom is -0.378 e. The molecule has 0 amide bonds. The molecule has 2 nitrogen and oxygen atoms in total. The first kappa shape index (κ1) is 7.28. The third kappa shape index (κ3) is 1.61. The van der Waals surface area contributed by atoms with Crippen molar-refractivity contribution in [1.29, 1.82) is 0 Å². The fourth-order valence-electron chi connectivity index (χ4n) is 1.20. The van der Waals surface area contributed by atoms with Crippen molar-refractivity contribution in [2.75, 3.05) is 19.8 Å². The SMILES string of the molecule is [c]1sccc1C1COCCN1. The smallest absolute Gasteiger partial charge is 0.0662 e. The fourth-order valence-corrected chi connectivity index (χ4v) is 1.82. The molecule has 1 aliphatic rings. The molecule has 59 valence electrons. The molecule has 0 bridgehead atoms. The maximum absolute atomic E-state index is 5.33. The number of ether oxygens (including phenoxy) is 1. The Balaban J connectivity index is 2.04. The minimum absolute atomic E-state index is 0.370. The summed E-state index contributed by atoms with van der Waals surface area (Å²) in [6.07, 6.45) is 0. The van der Waals surface area contributed by atoms with Crippen LogP contribution in [0.2, 0.25) is 0 Å². The Morgan fingerprint density at radius 3 is 3.36 bits per heavy atom. The molecule has 0 spiro atoms. The van der Waals surface area contributed by atoms with Crippen molar-refractivity contribution in [3.05, 3.63) is 22.4 Å². The summed E-state index contributed by atoms with van der Waals surface area (Å²) >= 11 is 1.61. The van der Waals surface area contributed by atoms with E-state index < -0.39 is 0 Å². The molecule has 1 fully saturated rings. The van der Waals surface area contributed by atoms with Crippen LogP contribution in [-0.4, -0.2) is 19.8 Å². The lowest BCUT2D eigenvalue weighted by Crippen LogP contribution is -2.34. The van der Waals surface area contributed by atoms with E-state index in [4.69, 9.17) is 4.74 Å². The lowest BCUT2D eigenvalue weighted by Gasteiger charge is -2.22. The third-order valence-electron chi connectivity index (χ3n) is 1.79. The van der Waals surface area contributed by atoms with Crippen LogP contribution < -0.4 is 5.32 Å². The number of rotatable bonds is 1. The van der Waals surface area contributed by atoms with Crippen LogP contribution in [0.1, 0.15) is 11.6 Å². The van der Waals surface area contributed by atoms with Crippen LogP contribution in [-0.2, 0) is 4.74 Å². The molecule has 1 atom stereocenters. The summed E-state index contributed by atoms with van der Waals surface area (Å²) in [5, 5.41) is 8.63. The zero-order valence-corrected chi connectivity index (χ0v) is 6.99. The molecule has 1 aromatic rings. The van der Waals surface area contributed by atoms with Crippen LogP contribution in [0.25, 0.3) is 0 Å². The molecule has 2 rings (SSSR count). The maximum atomic E-state index is 5.33. The summed E-state index contributed by atoms with van der Waals surface area (Å²) in [5.74, 6) is 0. The molecule has 1 radical (unpaired) electrons. The monoisotopic (exact) mass is 168 g/mol. The zero-order chi connectivity index (χ0) is 7.52. The van der Waals surface area contributed by atoms with Gasteiger partial charge in [0.25, 0.3) is 0 Å². The predicted molar refractivity (Wildman–Crippen MR) is 44.7 cm³/mol. The van der Waals surface area contributed by atoms with Crippen molar-refractivity contribution in [3.63, 3.8) is 0 Å². The number of thiophene rings is 1. The van der Waals surface area contributed by atoms with E-state index in [1.165, 1.54) is 5.56 Å². The Kier molecular flexibility index (Phi) is 2.21. The van der Waals surface area contributed by atoms with Gasteiger partial charge in [0.2, 0.25) is 0 Å². The lowest BCUT2D eigenvalue weighted by atomic mass is 10.1. The second-order valence-electron chi connectivity index (χ2n) is 2.56. The summed E-state index contributed by atoms with van der Waals surface area (Å²) in [7, 11) is 0.